The first kappa shape index (κ1) is 19.5. The van der Waals surface area contributed by atoms with Crippen LogP contribution in [-0.2, 0) is 16.1 Å². The van der Waals surface area contributed by atoms with Gasteiger partial charge in [0.2, 0.25) is 5.91 Å². The molecule has 0 atom stereocenters. The Balaban J connectivity index is 1.63. The van der Waals surface area contributed by atoms with Gasteiger partial charge in [0.15, 0.2) is 0 Å². The van der Waals surface area contributed by atoms with Crippen molar-refractivity contribution in [3.63, 3.8) is 0 Å². The number of fused-ring (bicyclic) bond motifs is 1. The molecule has 29 heavy (non-hydrogen) atoms. The van der Waals surface area contributed by atoms with Crippen molar-refractivity contribution in [3.8, 4) is 0 Å². The zero-order valence-electron chi connectivity index (χ0n) is 15.6. The summed E-state index contributed by atoms with van der Waals surface area (Å²) in [7, 11) is 1.47. The monoisotopic (exact) mass is 416 g/mol. The van der Waals surface area contributed by atoms with Crippen molar-refractivity contribution < 1.29 is 23.1 Å². The minimum atomic E-state index is -0.586. The van der Waals surface area contributed by atoms with Gasteiger partial charge in [-0.3, -0.25) is 9.59 Å². The van der Waals surface area contributed by atoms with Crippen LogP contribution in [0.4, 0.5) is 20.2 Å². The minimum Gasteiger partial charge on any atom is -0.380 e. The molecule has 2 amide bonds. The van der Waals surface area contributed by atoms with E-state index in [4.69, 9.17) is 4.74 Å². The maximum absolute atomic E-state index is 14.5. The summed E-state index contributed by atoms with van der Waals surface area (Å²) in [6.07, 6.45) is 1.10. The second-order valence-corrected chi connectivity index (χ2v) is 7.78. The first-order chi connectivity index (χ1) is 14.0. The summed E-state index contributed by atoms with van der Waals surface area (Å²) in [5.41, 5.74) is 0.918. The van der Waals surface area contributed by atoms with Gasteiger partial charge in [-0.2, -0.15) is 0 Å². The maximum atomic E-state index is 14.5. The molecule has 0 bridgehead atoms. The van der Waals surface area contributed by atoms with E-state index in [1.807, 2.05) is 0 Å². The van der Waals surface area contributed by atoms with Gasteiger partial charge in [0.05, 0.1) is 17.2 Å². The first-order valence-electron chi connectivity index (χ1n) is 9.09. The van der Waals surface area contributed by atoms with E-state index < -0.39 is 17.5 Å². The van der Waals surface area contributed by atoms with Gasteiger partial charge in [-0.25, -0.2) is 8.78 Å². The van der Waals surface area contributed by atoms with E-state index in [1.165, 1.54) is 30.2 Å². The van der Waals surface area contributed by atoms with Crippen molar-refractivity contribution >= 4 is 44.6 Å². The Kier molecular flexibility index (Phi) is 5.29. The fourth-order valence-corrected chi connectivity index (χ4v) is 4.64. The molecule has 3 aromatic rings. The number of carbonyl (C=O) groups is 2. The molecular formula is C21H18F2N2O3S. The van der Waals surface area contributed by atoms with Crippen LogP contribution in [0.1, 0.15) is 28.1 Å². The van der Waals surface area contributed by atoms with E-state index in [9.17, 15) is 18.4 Å². The smallest absolute Gasteiger partial charge is 0.266 e. The van der Waals surface area contributed by atoms with E-state index in [1.54, 1.807) is 18.2 Å². The summed E-state index contributed by atoms with van der Waals surface area (Å²) in [5, 5.41) is 3.02. The van der Waals surface area contributed by atoms with Crippen molar-refractivity contribution in [1.82, 2.24) is 0 Å². The quantitative estimate of drug-likeness (QED) is 0.656. The van der Waals surface area contributed by atoms with Gasteiger partial charge < -0.3 is 15.0 Å². The highest BCUT2D eigenvalue weighted by atomic mass is 32.1. The Morgan fingerprint density at radius 3 is 2.76 bits per heavy atom. The molecule has 1 aliphatic rings. The first-order valence-corrected chi connectivity index (χ1v) is 9.91. The second kappa shape index (κ2) is 7.88. The molecule has 0 aliphatic carbocycles. The summed E-state index contributed by atoms with van der Waals surface area (Å²) < 4.78 is 34.6. The summed E-state index contributed by atoms with van der Waals surface area (Å²) in [6.45, 7) is 0.559. The largest absolute Gasteiger partial charge is 0.380 e. The molecule has 2 heterocycles. The number of rotatable bonds is 5. The lowest BCUT2D eigenvalue weighted by Crippen LogP contribution is -2.24. The molecular weight excluding hydrogens is 398 g/mol. The van der Waals surface area contributed by atoms with Crippen molar-refractivity contribution in [2.24, 2.45) is 0 Å². The number of carbonyl (C=O) groups excluding carboxylic acids is 2. The number of benzene rings is 2. The third kappa shape index (κ3) is 3.61. The molecule has 1 aliphatic heterocycles. The lowest BCUT2D eigenvalue weighted by Gasteiger charge is -2.17. The number of thiophene rings is 1. The predicted octanol–water partition coefficient (Wildman–Crippen LogP) is 4.71. The number of hydrogen-bond acceptors (Lipinski definition) is 4. The maximum Gasteiger partial charge on any atom is 0.266 e. The Morgan fingerprint density at radius 1 is 1.24 bits per heavy atom. The SMILES string of the molecule is COCc1c(C(=O)Nc2ccc(N3CCCC3=O)c(F)c2)sc2cccc(F)c12. The number of amides is 2. The molecule has 1 N–H and O–H groups in total. The normalized spacial score (nSPS) is 14.0. The lowest BCUT2D eigenvalue weighted by molar-refractivity contribution is -0.117. The summed E-state index contributed by atoms with van der Waals surface area (Å²) in [5.74, 6) is -1.59. The number of nitrogens with zero attached hydrogens (tertiary/aromatic N) is 1. The third-order valence-corrected chi connectivity index (χ3v) is 6.02. The fraction of sp³-hybridized carbons (Fsp3) is 0.238. The van der Waals surface area contributed by atoms with Crippen molar-refractivity contribution in [2.75, 3.05) is 23.9 Å². The van der Waals surface area contributed by atoms with Gasteiger partial charge in [0.25, 0.3) is 5.91 Å². The predicted molar refractivity (Wildman–Crippen MR) is 108 cm³/mol. The molecule has 1 aromatic heterocycles. The number of ether oxygens (including phenoxy) is 1. The van der Waals surface area contributed by atoms with Crippen LogP contribution in [0.5, 0.6) is 0 Å². The Morgan fingerprint density at radius 2 is 2.07 bits per heavy atom. The van der Waals surface area contributed by atoms with E-state index in [-0.39, 0.29) is 23.9 Å². The molecule has 0 saturated carbocycles. The van der Waals surface area contributed by atoms with Crippen LogP contribution in [0.3, 0.4) is 0 Å². The third-order valence-electron chi connectivity index (χ3n) is 4.83. The van der Waals surface area contributed by atoms with Gasteiger partial charge in [-0.15, -0.1) is 11.3 Å². The molecule has 2 aromatic carbocycles. The van der Waals surface area contributed by atoms with E-state index in [2.05, 4.69) is 5.32 Å². The summed E-state index contributed by atoms with van der Waals surface area (Å²) >= 11 is 1.15. The summed E-state index contributed by atoms with van der Waals surface area (Å²) in [4.78, 5) is 26.4. The van der Waals surface area contributed by atoms with Crippen LogP contribution in [0.25, 0.3) is 10.1 Å². The van der Waals surface area contributed by atoms with Crippen LogP contribution >= 0.6 is 11.3 Å². The van der Waals surface area contributed by atoms with Crippen LogP contribution in [0.2, 0.25) is 0 Å². The zero-order valence-corrected chi connectivity index (χ0v) is 16.4. The molecule has 1 saturated heterocycles. The number of anilines is 2. The molecule has 0 spiro atoms. The van der Waals surface area contributed by atoms with Crippen molar-refractivity contribution in [3.05, 3.63) is 58.5 Å². The van der Waals surface area contributed by atoms with Gasteiger partial charge in [0, 0.05) is 41.4 Å². The topological polar surface area (TPSA) is 58.6 Å². The van der Waals surface area contributed by atoms with E-state index in [0.29, 0.717) is 39.9 Å². The molecule has 0 unspecified atom stereocenters. The number of methoxy groups -OCH3 is 1. The van der Waals surface area contributed by atoms with Gasteiger partial charge in [-0.05, 0) is 36.8 Å². The lowest BCUT2D eigenvalue weighted by atomic mass is 10.1. The standard InChI is InChI=1S/C21H18F2N2O3S/c1-28-11-13-19-14(22)4-2-5-17(19)29-20(13)21(27)24-12-7-8-16(15(23)10-12)25-9-3-6-18(25)26/h2,4-5,7-8,10H,3,6,9,11H2,1H3,(H,24,27). The average Bonchev–Trinajstić information content (AvgIpc) is 3.27. The van der Waals surface area contributed by atoms with Crippen LogP contribution in [0.15, 0.2) is 36.4 Å². The molecule has 1 fully saturated rings. The van der Waals surface area contributed by atoms with Gasteiger partial charge >= 0.3 is 0 Å². The Hall–Kier alpha value is -2.84. The van der Waals surface area contributed by atoms with Crippen LogP contribution in [-0.4, -0.2) is 25.5 Å². The summed E-state index contributed by atoms with van der Waals surface area (Å²) in [6, 6.07) is 8.87. The number of nitrogens with one attached hydrogen (secondary N) is 1. The van der Waals surface area contributed by atoms with Gasteiger partial charge in [-0.1, -0.05) is 6.07 Å². The molecule has 150 valence electrons. The highest BCUT2D eigenvalue weighted by Gasteiger charge is 2.25. The Bertz CT molecular complexity index is 1110. The molecule has 0 radical (unpaired) electrons. The zero-order chi connectivity index (χ0) is 20.5. The molecule has 5 nitrogen and oxygen atoms in total. The van der Waals surface area contributed by atoms with Crippen molar-refractivity contribution in [2.45, 2.75) is 19.4 Å². The highest BCUT2D eigenvalue weighted by Crippen LogP contribution is 2.34. The number of hydrogen-bond donors (Lipinski definition) is 1. The second-order valence-electron chi connectivity index (χ2n) is 6.72. The highest BCUT2D eigenvalue weighted by molar-refractivity contribution is 7.21. The number of halogens is 2. The van der Waals surface area contributed by atoms with E-state index in [0.717, 1.165) is 11.3 Å². The average molecular weight is 416 g/mol. The van der Waals surface area contributed by atoms with Crippen LogP contribution < -0.4 is 10.2 Å². The minimum absolute atomic E-state index is 0.0774. The van der Waals surface area contributed by atoms with Crippen molar-refractivity contribution in [1.29, 1.82) is 0 Å². The fourth-order valence-electron chi connectivity index (χ4n) is 3.53. The van der Waals surface area contributed by atoms with E-state index >= 15 is 0 Å². The van der Waals surface area contributed by atoms with Crippen LogP contribution in [0, 0.1) is 11.6 Å². The molecule has 8 heteroatoms. The molecule has 4 rings (SSSR count). The van der Waals surface area contributed by atoms with Gasteiger partial charge in [0.1, 0.15) is 11.6 Å². The Labute approximate surface area is 169 Å².